The molecule has 2 rings (SSSR count). The van der Waals surface area contributed by atoms with Gasteiger partial charge in [-0.2, -0.15) is 0 Å². The van der Waals surface area contributed by atoms with Crippen molar-refractivity contribution in [2.75, 3.05) is 39.4 Å². The summed E-state index contributed by atoms with van der Waals surface area (Å²) in [6, 6.07) is 20.6. The highest BCUT2D eigenvalue weighted by molar-refractivity contribution is 5.15. The highest BCUT2D eigenvalue weighted by atomic mass is 16.3. The number of nitrogens with zero attached hydrogens (tertiary/aromatic N) is 2. The van der Waals surface area contributed by atoms with Gasteiger partial charge in [-0.15, -0.1) is 0 Å². The summed E-state index contributed by atoms with van der Waals surface area (Å²) < 4.78 is 0. The van der Waals surface area contributed by atoms with E-state index in [1.807, 2.05) is 36.4 Å². The molecule has 0 heterocycles. The molecule has 130 valence electrons. The van der Waals surface area contributed by atoms with Crippen LogP contribution in [0.3, 0.4) is 0 Å². The smallest absolute Gasteiger partial charge is 0.0558 e. The van der Waals surface area contributed by atoms with E-state index in [0.717, 1.165) is 26.2 Å². The molecule has 0 spiro atoms. The van der Waals surface area contributed by atoms with Crippen molar-refractivity contribution in [2.45, 2.75) is 13.1 Å². The molecule has 0 amide bonds. The van der Waals surface area contributed by atoms with Crippen LogP contribution < -0.4 is 0 Å². The van der Waals surface area contributed by atoms with Gasteiger partial charge < -0.3 is 10.2 Å². The van der Waals surface area contributed by atoms with Gasteiger partial charge in [0, 0.05) is 39.3 Å². The normalized spacial score (nSPS) is 11.3. The van der Waals surface area contributed by atoms with E-state index in [1.54, 1.807) is 0 Å². The summed E-state index contributed by atoms with van der Waals surface area (Å²) in [6.45, 7) is 5.03. The predicted octanol–water partition coefficient (Wildman–Crippen LogP) is 1.98. The minimum Gasteiger partial charge on any atom is -0.395 e. The first-order chi connectivity index (χ1) is 11.8. The van der Waals surface area contributed by atoms with E-state index in [-0.39, 0.29) is 13.2 Å². The van der Waals surface area contributed by atoms with Crippen LogP contribution in [0.15, 0.2) is 60.7 Å². The summed E-state index contributed by atoms with van der Waals surface area (Å²) in [5.41, 5.74) is 2.51. The highest BCUT2D eigenvalue weighted by Crippen LogP contribution is 2.07. The molecule has 0 aliphatic heterocycles. The maximum absolute atomic E-state index is 9.32. The monoisotopic (exact) mass is 328 g/mol. The van der Waals surface area contributed by atoms with Gasteiger partial charge in [-0.25, -0.2) is 0 Å². The van der Waals surface area contributed by atoms with Crippen LogP contribution in [0.1, 0.15) is 11.1 Å². The molecule has 0 aromatic heterocycles. The van der Waals surface area contributed by atoms with Crippen LogP contribution >= 0.6 is 0 Å². The molecule has 24 heavy (non-hydrogen) atoms. The Labute approximate surface area is 145 Å². The summed E-state index contributed by atoms with van der Waals surface area (Å²) in [4.78, 5) is 4.51. The second kappa shape index (κ2) is 10.9. The largest absolute Gasteiger partial charge is 0.395 e. The van der Waals surface area contributed by atoms with Crippen molar-refractivity contribution in [2.24, 2.45) is 0 Å². The first-order valence-electron chi connectivity index (χ1n) is 8.56. The molecule has 0 unspecified atom stereocenters. The maximum atomic E-state index is 9.32. The Morgan fingerprint density at radius 1 is 0.542 bits per heavy atom. The van der Waals surface area contributed by atoms with Crippen molar-refractivity contribution in [1.29, 1.82) is 0 Å². The molecule has 2 aromatic rings. The van der Waals surface area contributed by atoms with Gasteiger partial charge in [0.15, 0.2) is 0 Å². The standard InChI is InChI=1S/C20H28N2O2/c23-15-13-21(17-19-7-3-1-4-8-19)11-12-22(14-16-24)18-20-9-5-2-6-10-20/h1-10,23-24H,11-18H2. The quantitative estimate of drug-likeness (QED) is 0.662. The zero-order valence-corrected chi connectivity index (χ0v) is 14.2. The summed E-state index contributed by atoms with van der Waals surface area (Å²) in [6.07, 6.45) is 0. The lowest BCUT2D eigenvalue weighted by molar-refractivity contribution is 0.143. The van der Waals surface area contributed by atoms with Crippen LogP contribution in [0.5, 0.6) is 0 Å². The summed E-state index contributed by atoms with van der Waals surface area (Å²) >= 11 is 0. The van der Waals surface area contributed by atoms with Crippen molar-refractivity contribution >= 4 is 0 Å². The zero-order chi connectivity index (χ0) is 17.0. The number of aliphatic hydroxyl groups is 2. The fourth-order valence-corrected chi connectivity index (χ4v) is 2.79. The average Bonchev–Trinajstić information content (AvgIpc) is 2.62. The molecule has 4 heteroatoms. The Morgan fingerprint density at radius 3 is 1.25 bits per heavy atom. The third-order valence-corrected chi connectivity index (χ3v) is 4.06. The van der Waals surface area contributed by atoms with Crippen LogP contribution in [0, 0.1) is 0 Å². The topological polar surface area (TPSA) is 46.9 Å². The number of hydrogen-bond acceptors (Lipinski definition) is 4. The Hall–Kier alpha value is -1.72. The Bertz CT molecular complexity index is 497. The Balaban J connectivity index is 1.89. The first kappa shape index (κ1) is 18.6. The molecule has 0 saturated carbocycles. The zero-order valence-electron chi connectivity index (χ0n) is 14.2. The number of hydrogen-bond donors (Lipinski definition) is 2. The number of rotatable bonds is 11. The van der Waals surface area contributed by atoms with Gasteiger partial charge in [-0.05, 0) is 11.1 Å². The van der Waals surface area contributed by atoms with Crippen LogP contribution in [0.2, 0.25) is 0 Å². The van der Waals surface area contributed by atoms with Gasteiger partial charge in [0.1, 0.15) is 0 Å². The maximum Gasteiger partial charge on any atom is 0.0558 e. The van der Waals surface area contributed by atoms with Gasteiger partial charge >= 0.3 is 0 Å². The minimum absolute atomic E-state index is 0.158. The van der Waals surface area contributed by atoms with Gasteiger partial charge in [-0.1, -0.05) is 60.7 Å². The van der Waals surface area contributed by atoms with E-state index < -0.39 is 0 Å². The number of benzene rings is 2. The molecule has 0 fully saturated rings. The molecule has 0 aliphatic carbocycles. The fraction of sp³-hybridized carbons (Fsp3) is 0.400. The lowest BCUT2D eigenvalue weighted by atomic mass is 10.2. The van der Waals surface area contributed by atoms with E-state index >= 15 is 0 Å². The van der Waals surface area contributed by atoms with E-state index in [1.165, 1.54) is 11.1 Å². The average molecular weight is 328 g/mol. The van der Waals surface area contributed by atoms with E-state index in [9.17, 15) is 10.2 Å². The summed E-state index contributed by atoms with van der Waals surface area (Å²) in [7, 11) is 0. The molecule has 0 bridgehead atoms. The molecule has 0 radical (unpaired) electrons. The lowest BCUT2D eigenvalue weighted by Gasteiger charge is -2.27. The summed E-state index contributed by atoms with van der Waals surface area (Å²) in [5, 5.41) is 18.6. The second-order valence-electron chi connectivity index (χ2n) is 5.97. The van der Waals surface area contributed by atoms with Crippen LogP contribution in [-0.4, -0.2) is 59.4 Å². The Morgan fingerprint density at radius 2 is 0.917 bits per heavy atom. The van der Waals surface area contributed by atoms with Gasteiger partial charge in [0.25, 0.3) is 0 Å². The summed E-state index contributed by atoms with van der Waals surface area (Å²) in [5.74, 6) is 0. The van der Waals surface area contributed by atoms with Crippen LogP contribution in [-0.2, 0) is 13.1 Å². The van der Waals surface area contributed by atoms with E-state index in [4.69, 9.17) is 0 Å². The molecule has 2 N–H and O–H groups in total. The molecule has 0 saturated heterocycles. The molecular formula is C20H28N2O2. The van der Waals surface area contributed by atoms with Crippen molar-refractivity contribution in [3.05, 3.63) is 71.8 Å². The van der Waals surface area contributed by atoms with Gasteiger partial charge in [0.05, 0.1) is 13.2 Å². The molecule has 0 atom stereocenters. The van der Waals surface area contributed by atoms with E-state index in [0.29, 0.717) is 13.1 Å². The molecular weight excluding hydrogens is 300 g/mol. The highest BCUT2D eigenvalue weighted by Gasteiger charge is 2.10. The number of aliphatic hydroxyl groups excluding tert-OH is 2. The second-order valence-corrected chi connectivity index (χ2v) is 5.97. The molecule has 0 aliphatic rings. The first-order valence-corrected chi connectivity index (χ1v) is 8.56. The van der Waals surface area contributed by atoms with Crippen molar-refractivity contribution in [3.63, 3.8) is 0 Å². The third kappa shape index (κ3) is 6.81. The fourth-order valence-electron chi connectivity index (χ4n) is 2.79. The predicted molar refractivity (Wildman–Crippen MR) is 97.6 cm³/mol. The minimum atomic E-state index is 0.158. The van der Waals surface area contributed by atoms with Crippen LogP contribution in [0.4, 0.5) is 0 Å². The van der Waals surface area contributed by atoms with Gasteiger partial charge in [0.2, 0.25) is 0 Å². The SMILES string of the molecule is OCCN(CCN(CCO)Cc1ccccc1)Cc1ccccc1. The lowest BCUT2D eigenvalue weighted by Crippen LogP contribution is -2.37. The van der Waals surface area contributed by atoms with Crippen molar-refractivity contribution in [1.82, 2.24) is 9.80 Å². The van der Waals surface area contributed by atoms with Crippen LogP contribution in [0.25, 0.3) is 0 Å². The Kier molecular flexibility index (Phi) is 8.49. The van der Waals surface area contributed by atoms with Crippen molar-refractivity contribution in [3.8, 4) is 0 Å². The molecule has 2 aromatic carbocycles. The van der Waals surface area contributed by atoms with E-state index in [2.05, 4.69) is 34.1 Å². The third-order valence-electron chi connectivity index (χ3n) is 4.06. The molecule has 4 nitrogen and oxygen atoms in total. The van der Waals surface area contributed by atoms with Gasteiger partial charge in [-0.3, -0.25) is 9.80 Å². The van der Waals surface area contributed by atoms with Crippen molar-refractivity contribution < 1.29 is 10.2 Å².